The molecule has 4 atom stereocenters. The lowest BCUT2D eigenvalue weighted by molar-refractivity contribution is -0.143. The minimum absolute atomic E-state index is 0.00738. The Morgan fingerprint density at radius 1 is 0.833 bits per heavy atom. The molecule has 4 heterocycles. The van der Waals surface area contributed by atoms with E-state index in [1.165, 1.54) is 4.90 Å². The molecule has 3 fully saturated rings. The summed E-state index contributed by atoms with van der Waals surface area (Å²) < 4.78 is 81.6. The molecule has 6 nitrogen and oxygen atoms in total. The second-order valence-corrected chi connectivity index (χ2v) is 13.9. The summed E-state index contributed by atoms with van der Waals surface area (Å²) in [5.74, 6) is -0.815. The number of aliphatic hydroxyl groups is 1. The third-order valence-corrected chi connectivity index (χ3v) is 10.9. The summed E-state index contributed by atoms with van der Waals surface area (Å²) in [6, 6.07) is 12.8. The highest BCUT2D eigenvalue weighted by atomic mass is 32.1. The van der Waals surface area contributed by atoms with Gasteiger partial charge in [0.1, 0.15) is 0 Å². The molecule has 13 heteroatoms. The molecule has 0 bridgehead atoms. The lowest BCUT2D eigenvalue weighted by Gasteiger charge is -2.47. The van der Waals surface area contributed by atoms with E-state index in [1.807, 2.05) is 35.7 Å². The predicted octanol–water partition coefficient (Wildman–Crippen LogP) is 6.43. The summed E-state index contributed by atoms with van der Waals surface area (Å²) in [5.41, 5.74) is -1.49. The number of aliphatic hydroxyl groups excluding tert-OH is 1. The maximum absolute atomic E-state index is 13.8. The van der Waals surface area contributed by atoms with Crippen molar-refractivity contribution in [2.45, 2.75) is 62.2 Å². The number of amides is 1. The van der Waals surface area contributed by atoms with Crippen molar-refractivity contribution < 1.29 is 36.2 Å². The van der Waals surface area contributed by atoms with E-state index in [1.54, 1.807) is 11.3 Å². The van der Waals surface area contributed by atoms with Gasteiger partial charge in [-0.25, -0.2) is 0 Å². The van der Waals surface area contributed by atoms with Crippen LogP contribution in [0.25, 0.3) is 0 Å². The number of benzene rings is 2. The Morgan fingerprint density at radius 2 is 1.46 bits per heavy atom. The lowest BCUT2D eigenvalue weighted by Crippen LogP contribution is -2.58. The van der Waals surface area contributed by atoms with Crippen molar-refractivity contribution in [1.82, 2.24) is 19.6 Å². The van der Waals surface area contributed by atoms with Crippen molar-refractivity contribution in [3.8, 4) is 0 Å². The number of hydrogen-bond acceptors (Lipinski definition) is 6. The lowest BCUT2D eigenvalue weighted by atomic mass is 9.90. The van der Waals surface area contributed by atoms with Crippen LogP contribution in [0.2, 0.25) is 0 Å². The van der Waals surface area contributed by atoms with Gasteiger partial charge in [0.25, 0.3) is 5.91 Å². The van der Waals surface area contributed by atoms with Gasteiger partial charge in [-0.05, 0) is 71.8 Å². The molecular weight excluding hydrogens is 654 g/mol. The molecule has 3 saturated heterocycles. The molecule has 3 aliphatic heterocycles. The molecule has 0 radical (unpaired) electrons. The molecule has 1 aromatic heterocycles. The van der Waals surface area contributed by atoms with Crippen molar-refractivity contribution in [2.75, 3.05) is 52.4 Å². The molecule has 1 N–H and O–H groups in total. The highest BCUT2D eigenvalue weighted by molar-refractivity contribution is 7.08. The Hall–Kier alpha value is -2.97. The second-order valence-electron chi connectivity index (χ2n) is 13.1. The number of piperidine rings is 1. The first-order valence-electron chi connectivity index (χ1n) is 16.4. The van der Waals surface area contributed by atoms with E-state index in [0.29, 0.717) is 37.4 Å². The minimum atomic E-state index is -5.03. The van der Waals surface area contributed by atoms with E-state index in [0.717, 1.165) is 56.8 Å². The molecule has 4 unspecified atom stereocenters. The number of alkyl halides is 6. The maximum atomic E-state index is 13.8. The molecular formula is C35H40F6N4O2S. The maximum Gasteiger partial charge on any atom is 0.416 e. The van der Waals surface area contributed by atoms with Crippen LogP contribution >= 0.6 is 11.3 Å². The van der Waals surface area contributed by atoms with Gasteiger partial charge in [0.05, 0.1) is 23.8 Å². The summed E-state index contributed by atoms with van der Waals surface area (Å²) in [4.78, 5) is 22.5. The fourth-order valence-corrected chi connectivity index (χ4v) is 8.37. The van der Waals surface area contributed by atoms with E-state index < -0.39 is 41.0 Å². The van der Waals surface area contributed by atoms with Gasteiger partial charge in [-0.2, -0.15) is 37.7 Å². The smallest absolute Gasteiger partial charge is 0.394 e. The predicted molar refractivity (Wildman–Crippen MR) is 172 cm³/mol. The van der Waals surface area contributed by atoms with Crippen molar-refractivity contribution in [3.05, 3.63) is 93.2 Å². The van der Waals surface area contributed by atoms with Crippen molar-refractivity contribution in [2.24, 2.45) is 0 Å². The minimum Gasteiger partial charge on any atom is -0.394 e. The third-order valence-electron chi connectivity index (χ3n) is 10.2. The van der Waals surface area contributed by atoms with Crippen LogP contribution < -0.4 is 0 Å². The van der Waals surface area contributed by atoms with Crippen molar-refractivity contribution in [1.29, 1.82) is 0 Å². The van der Waals surface area contributed by atoms with Crippen molar-refractivity contribution in [3.63, 3.8) is 0 Å². The molecule has 260 valence electrons. The summed E-state index contributed by atoms with van der Waals surface area (Å²) >= 11 is 1.63. The molecule has 0 aliphatic carbocycles. The van der Waals surface area contributed by atoms with E-state index in [-0.39, 0.29) is 31.3 Å². The largest absolute Gasteiger partial charge is 0.416 e. The SMILES string of the molecule is O=C(c1cc(C(F)(F)F)cc(C(F)(F)F)c1)N1CCC(N2CCN(C3CCN(C(CO)c4ccsc4)C3)CC2)CC1Cc1ccccc1. The molecule has 48 heavy (non-hydrogen) atoms. The van der Waals surface area contributed by atoms with Gasteiger partial charge in [0, 0.05) is 69.5 Å². The average Bonchev–Trinajstić information content (AvgIpc) is 3.78. The number of piperazine rings is 1. The number of carbonyl (C=O) groups excluding carboxylic acids is 1. The quantitative estimate of drug-likeness (QED) is 0.276. The van der Waals surface area contributed by atoms with Crippen LogP contribution in [0.1, 0.15) is 57.9 Å². The number of hydrogen-bond donors (Lipinski definition) is 1. The third kappa shape index (κ3) is 7.91. The summed E-state index contributed by atoms with van der Waals surface area (Å²) in [6.45, 7) is 5.58. The number of rotatable bonds is 8. The molecule has 3 aliphatic rings. The van der Waals surface area contributed by atoms with Gasteiger partial charge >= 0.3 is 12.4 Å². The summed E-state index contributed by atoms with van der Waals surface area (Å²) in [5, 5.41) is 14.2. The van der Waals surface area contributed by atoms with Gasteiger partial charge in [0.2, 0.25) is 0 Å². The zero-order valence-corrected chi connectivity index (χ0v) is 27.3. The molecule has 2 aromatic carbocycles. The highest BCUT2D eigenvalue weighted by Crippen LogP contribution is 2.37. The normalized spacial score (nSPS) is 24.2. The van der Waals surface area contributed by atoms with Gasteiger partial charge < -0.3 is 10.0 Å². The fourth-order valence-electron chi connectivity index (χ4n) is 7.67. The van der Waals surface area contributed by atoms with Crippen LogP contribution in [-0.4, -0.2) is 101 Å². The van der Waals surface area contributed by atoms with Gasteiger partial charge in [0.15, 0.2) is 0 Å². The van der Waals surface area contributed by atoms with Crippen LogP contribution in [0.3, 0.4) is 0 Å². The Labute approximate surface area is 280 Å². The molecule has 3 aromatic rings. The topological polar surface area (TPSA) is 50.3 Å². The second kappa shape index (κ2) is 14.5. The number of carbonyl (C=O) groups is 1. The highest BCUT2D eigenvalue weighted by Gasteiger charge is 2.41. The van der Waals surface area contributed by atoms with Crippen LogP contribution in [0.5, 0.6) is 0 Å². The Balaban J connectivity index is 1.13. The number of thiophene rings is 1. The molecule has 0 saturated carbocycles. The molecule has 0 spiro atoms. The Kier molecular flexibility index (Phi) is 10.5. The van der Waals surface area contributed by atoms with Gasteiger partial charge in [-0.1, -0.05) is 30.3 Å². The Morgan fingerprint density at radius 3 is 2.04 bits per heavy atom. The Bertz CT molecular complexity index is 1480. The first-order valence-corrected chi connectivity index (χ1v) is 17.3. The zero-order chi connectivity index (χ0) is 34.1. The monoisotopic (exact) mass is 694 g/mol. The van der Waals surface area contributed by atoms with Crippen LogP contribution in [-0.2, 0) is 18.8 Å². The summed E-state index contributed by atoms with van der Waals surface area (Å²) in [7, 11) is 0. The fraction of sp³-hybridized carbons (Fsp3) is 0.514. The first kappa shape index (κ1) is 34.9. The summed E-state index contributed by atoms with van der Waals surface area (Å²) in [6.07, 6.45) is -7.43. The number of likely N-dealkylation sites (tertiary alicyclic amines) is 2. The van der Waals surface area contributed by atoms with Crippen molar-refractivity contribution >= 4 is 17.2 Å². The molecule has 1 amide bonds. The van der Waals surface area contributed by atoms with Crippen LogP contribution in [0, 0.1) is 0 Å². The van der Waals surface area contributed by atoms with E-state index in [9.17, 15) is 36.2 Å². The van der Waals surface area contributed by atoms with Gasteiger partial charge in [-0.3, -0.25) is 19.5 Å². The number of halogens is 6. The van der Waals surface area contributed by atoms with Crippen LogP contribution in [0.4, 0.5) is 26.3 Å². The van der Waals surface area contributed by atoms with Gasteiger partial charge in [-0.15, -0.1) is 0 Å². The van der Waals surface area contributed by atoms with Crippen LogP contribution in [0.15, 0.2) is 65.4 Å². The zero-order valence-electron chi connectivity index (χ0n) is 26.5. The molecule has 6 rings (SSSR count). The van der Waals surface area contributed by atoms with E-state index in [2.05, 4.69) is 26.1 Å². The van der Waals surface area contributed by atoms with E-state index in [4.69, 9.17) is 0 Å². The average molecular weight is 695 g/mol. The first-order chi connectivity index (χ1) is 22.9. The number of nitrogens with zero attached hydrogens (tertiary/aromatic N) is 4. The standard InChI is InChI=1S/C35H40F6N4O2S/c36-34(37,38)27-17-26(18-28(19-27)35(39,40)41)33(47)45-10-7-29(20-31(45)16-24-4-2-1-3-5-24)42-11-13-43(14-12-42)30-6-9-44(21-30)32(22-46)25-8-15-48-23-25/h1-5,8,15,17-19,23,29-32,46H,6-7,9-14,16,20-22H2. The van der Waals surface area contributed by atoms with E-state index >= 15 is 0 Å².